The molecule has 1 amide bonds. The molecule has 0 radical (unpaired) electrons. The van der Waals surface area contributed by atoms with Crippen molar-refractivity contribution in [3.05, 3.63) is 89.1 Å². The van der Waals surface area contributed by atoms with Gasteiger partial charge in [0.1, 0.15) is 18.2 Å². The first kappa shape index (κ1) is 38.1. The number of halogens is 2. The van der Waals surface area contributed by atoms with E-state index < -0.39 is 11.9 Å². The van der Waals surface area contributed by atoms with Gasteiger partial charge in [0.05, 0.1) is 24.4 Å². The summed E-state index contributed by atoms with van der Waals surface area (Å²) < 4.78 is 42.4. The van der Waals surface area contributed by atoms with Crippen LogP contribution >= 0.6 is 0 Å². The number of anilines is 1. The van der Waals surface area contributed by atoms with Gasteiger partial charge in [0.15, 0.2) is 11.6 Å². The Bertz CT molecular complexity index is 1620. The highest BCUT2D eigenvalue weighted by atomic mass is 19.1. The number of benzene rings is 2. The zero-order valence-electron chi connectivity index (χ0n) is 31.2. The van der Waals surface area contributed by atoms with Crippen LogP contribution in [0, 0.1) is 11.6 Å². The second-order valence-corrected chi connectivity index (χ2v) is 15.0. The number of piperazine rings is 1. The number of hydrogen-bond acceptors (Lipinski definition) is 8. The van der Waals surface area contributed by atoms with E-state index in [2.05, 4.69) is 30.6 Å². The molecule has 2 N–H and O–H groups in total. The van der Waals surface area contributed by atoms with Crippen molar-refractivity contribution in [3.8, 4) is 5.75 Å². The Morgan fingerprint density at radius 3 is 2.44 bits per heavy atom. The lowest BCUT2D eigenvalue weighted by atomic mass is 10.0. The smallest absolute Gasteiger partial charge is 0.240 e. The molecule has 0 aliphatic carbocycles. The van der Waals surface area contributed by atoms with Gasteiger partial charge < -0.3 is 25.0 Å². The second kappa shape index (κ2) is 17.5. The van der Waals surface area contributed by atoms with Gasteiger partial charge in [-0.3, -0.25) is 14.6 Å². The van der Waals surface area contributed by atoms with E-state index in [4.69, 9.17) is 20.2 Å². The largest absolute Gasteiger partial charge is 0.489 e. The Hall–Kier alpha value is -3.64. The summed E-state index contributed by atoms with van der Waals surface area (Å²) in [4.78, 5) is 27.7. The Kier molecular flexibility index (Phi) is 12.8. The highest BCUT2D eigenvalue weighted by Gasteiger charge is 2.49. The van der Waals surface area contributed by atoms with Gasteiger partial charge in [-0.05, 0) is 69.4 Å². The summed E-state index contributed by atoms with van der Waals surface area (Å²) in [5, 5.41) is 0. The third-order valence-corrected chi connectivity index (χ3v) is 10.9. The monoisotopic (exact) mass is 718 g/mol. The molecule has 1 aromatic heterocycles. The Morgan fingerprint density at radius 2 is 1.77 bits per heavy atom. The predicted molar refractivity (Wildman–Crippen MR) is 200 cm³/mol. The summed E-state index contributed by atoms with van der Waals surface area (Å²) in [6.45, 7) is 13.5. The zero-order valence-corrected chi connectivity index (χ0v) is 31.2. The van der Waals surface area contributed by atoms with Crippen LogP contribution in [-0.4, -0.2) is 101 Å². The third kappa shape index (κ3) is 9.10. The van der Waals surface area contributed by atoms with Gasteiger partial charge in [-0.1, -0.05) is 56.2 Å². The summed E-state index contributed by atoms with van der Waals surface area (Å²) in [5.74, 6) is -0.456. The lowest BCUT2D eigenvalue weighted by Crippen LogP contribution is -2.64. The number of ether oxygens (including phenoxy) is 2. The molecule has 0 spiro atoms. The van der Waals surface area contributed by atoms with Gasteiger partial charge in [0.2, 0.25) is 5.91 Å². The van der Waals surface area contributed by atoms with E-state index in [9.17, 15) is 4.79 Å². The minimum Gasteiger partial charge on any atom is -0.489 e. The summed E-state index contributed by atoms with van der Waals surface area (Å²) in [7, 11) is 0. The molecular formula is C41H56F2N6O3. The molecule has 4 atom stereocenters. The maximum absolute atomic E-state index is 15.3. The minimum atomic E-state index is -1.00. The fourth-order valence-electron chi connectivity index (χ4n) is 8.08. The van der Waals surface area contributed by atoms with Gasteiger partial charge in [-0.2, -0.15) is 0 Å². The molecule has 3 aliphatic heterocycles. The molecule has 2 aromatic carbocycles. The number of fused-ring (bicyclic) bond motifs is 2. The first-order chi connectivity index (χ1) is 25.1. The van der Waals surface area contributed by atoms with Gasteiger partial charge >= 0.3 is 0 Å². The molecule has 3 saturated heterocycles. The molecular weight excluding hydrogens is 662 g/mol. The average molecular weight is 719 g/mol. The van der Waals surface area contributed by atoms with Crippen LogP contribution in [0.2, 0.25) is 0 Å². The molecule has 0 saturated carbocycles. The molecule has 52 heavy (non-hydrogen) atoms. The number of hydrogen-bond donors (Lipinski definition) is 1. The molecule has 2 bridgehead atoms. The number of pyridine rings is 1. The lowest BCUT2D eigenvalue weighted by molar-refractivity contribution is -0.135. The van der Waals surface area contributed by atoms with Crippen LogP contribution in [0.15, 0.2) is 60.7 Å². The molecule has 6 rings (SSSR count). The van der Waals surface area contributed by atoms with Crippen molar-refractivity contribution in [3.63, 3.8) is 0 Å². The van der Waals surface area contributed by atoms with Crippen molar-refractivity contribution in [2.45, 2.75) is 109 Å². The number of rotatable bonds is 18. The average Bonchev–Trinajstić information content (AvgIpc) is 3.73. The van der Waals surface area contributed by atoms with Crippen LogP contribution in [-0.2, 0) is 29.1 Å². The number of carbonyl (C=O) groups is 1. The standard InChI is InChI=1S/C41H56F2N6O3/c1-5-7-13-36(51-6-2)26-47(41(50)39(44)18-30-14-16-35(20-38(30)43)52-27-29-11-9-8-10-12-29)21-31-15-17-37(42)40(45-31)46-22-34(23-46)49-25-32-19-33(49)24-48(32)28(3)4/h8-12,14-17,20,28,32-34,36,39H,5-7,13,18-19,21-27,44H2,1-4H3/t32-,33?,36?,39-/m0/s1. The number of nitrogens with zero attached hydrogens (tertiary/aromatic N) is 5. The Balaban J connectivity index is 1.11. The number of unbranched alkanes of at least 4 members (excludes halogenated alkanes) is 1. The highest BCUT2D eigenvalue weighted by Crippen LogP contribution is 2.36. The molecule has 4 heterocycles. The van der Waals surface area contributed by atoms with E-state index in [0.29, 0.717) is 66.8 Å². The molecule has 2 unspecified atom stereocenters. The molecule has 11 heteroatoms. The SMILES string of the molecule is CCCCC(CN(Cc1ccc(F)c(N2CC(N3C[C@@H]4CC3CN4C(C)C)C2)n1)C(=O)[C@@H](N)Cc1ccc(OCc2ccccc2)cc1F)OCC. The third-order valence-electron chi connectivity index (χ3n) is 10.9. The van der Waals surface area contributed by atoms with Crippen molar-refractivity contribution < 1.29 is 23.0 Å². The van der Waals surface area contributed by atoms with E-state index in [1.807, 2.05) is 42.2 Å². The first-order valence-electron chi connectivity index (χ1n) is 19.2. The maximum Gasteiger partial charge on any atom is 0.240 e. The van der Waals surface area contributed by atoms with E-state index in [1.165, 1.54) is 18.6 Å². The van der Waals surface area contributed by atoms with Gasteiger partial charge in [0, 0.05) is 69.6 Å². The fraction of sp³-hybridized carbons (Fsp3) is 0.561. The van der Waals surface area contributed by atoms with Crippen molar-refractivity contribution in [1.82, 2.24) is 19.7 Å². The number of nitrogens with two attached hydrogens (primary N) is 1. The van der Waals surface area contributed by atoms with Gasteiger partial charge in [-0.25, -0.2) is 13.8 Å². The predicted octanol–water partition coefficient (Wildman–Crippen LogP) is 5.79. The summed E-state index contributed by atoms with van der Waals surface area (Å²) >= 11 is 0. The topological polar surface area (TPSA) is 87.4 Å². The molecule has 9 nitrogen and oxygen atoms in total. The minimum absolute atomic E-state index is 0.0128. The van der Waals surface area contributed by atoms with Crippen molar-refractivity contribution >= 4 is 11.7 Å². The maximum atomic E-state index is 15.3. The van der Waals surface area contributed by atoms with E-state index in [0.717, 1.165) is 51.0 Å². The van der Waals surface area contributed by atoms with Crippen LogP contribution < -0.4 is 15.4 Å². The van der Waals surface area contributed by atoms with Crippen LogP contribution in [0.4, 0.5) is 14.6 Å². The van der Waals surface area contributed by atoms with Crippen molar-refractivity contribution in [2.24, 2.45) is 5.73 Å². The number of amides is 1. The van der Waals surface area contributed by atoms with Crippen LogP contribution in [0.5, 0.6) is 5.75 Å². The van der Waals surface area contributed by atoms with Crippen molar-refractivity contribution in [1.29, 1.82) is 0 Å². The summed E-state index contributed by atoms with van der Waals surface area (Å²) in [5.41, 5.74) is 8.41. The molecule has 3 fully saturated rings. The Labute approximate surface area is 308 Å². The van der Waals surface area contributed by atoms with Crippen LogP contribution in [0.3, 0.4) is 0 Å². The number of aromatic nitrogens is 1. The lowest BCUT2D eigenvalue weighted by Gasteiger charge is -2.49. The molecule has 282 valence electrons. The number of carbonyl (C=O) groups excluding carboxylic acids is 1. The quantitative estimate of drug-likeness (QED) is 0.177. The van der Waals surface area contributed by atoms with Gasteiger partial charge in [0.25, 0.3) is 0 Å². The summed E-state index contributed by atoms with van der Waals surface area (Å²) in [6, 6.07) is 18.5. The second-order valence-electron chi connectivity index (χ2n) is 15.0. The van der Waals surface area contributed by atoms with E-state index >= 15 is 8.78 Å². The first-order valence-corrected chi connectivity index (χ1v) is 19.2. The fourth-order valence-corrected chi connectivity index (χ4v) is 8.08. The number of likely N-dealkylation sites (tertiary alicyclic amines) is 2. The highest BCUT2D eigenvalue weighted by molar-refractivity contribution is 5.82. The van der Waals surface area contributed by atoms with Gasteiger partial charge in [-0.15, -0.1) is 0 Å². The van der Waals surface area contributed by atoms with E-state index in [1.54, 1.807) is 23.1 Å². The van der Waals surface area contributed by atoms with E-state index in [-0.39, 0.29) is 30.8 Å². The molecule has 3 aromatic rings. The van der Waals surface area contributed by atoms with Crippen LogP contribution in [0.1, 0.15) is 70.2 Å². The molecule has 3 aliphatic rings. The normalized spacial score (nSPS) is 20.3. The summed E-state index contributed by atoms with van der Waals surface area (Å²) in [6.07, 6.45) is 3.76. The zero-order chi connectivity index (χ0) is 36.8. The van der Waals surface area contributed by atoms with Crippen LogP contribution in [0.25, 0.3) is 0 Å². The van der Waals surface area contributed by atoms with Crippen molar-refractivity contribution in [2.75, 3.05) is 44.2 Å². The Morgan fingerprint density at radius 1 is 0.981 bits per heavy atom.